The van der Waals surface area contributed by atoms with Crippen LogP contribution in [0.4, 0.5) is 0 Å². The first-order valence-electron chi connectivity index (χ1n) is 31.5. The van der Waals surface area contributed by atoms with Gasteiger partial charge in [0.2, 0.25) is 11.8 Å². The molecular weight excluding hydrogens is 1140 g/mol. The van der Waals surface area contributed by atoms with Crippen molar-refractivity contribution >= 4 is 23.6 Å². The molecule has 0 aromatic rings. The number of carbonyl (C=O) groups excluding carboxylic acids is 4. The monoisotopic (exact) mass is 1250 g/mol. The number of nitrogens with zero attached hydrogens (tertiary/aromatic N) is 2. The van der Waals surface area contributed by atoms with Crippen LogP contribution >= 0.6 is 0 Å². The highest BCUT2D eigenvalue weighted by Crippen LogP contribution is 2.27. The molecule has 0 aromatic heterocycles. The van der Waals surface area contributed by atoms with Crippen molar-refractivity contribution in [2.45, 2.75) is 278 Å². The highest BCUT2D eigenvalue weighted by atomic mass is 16.7. The lowest BCUT2D eigenvalue weighted by atomic mass is 9.98. The predicted octanol–water partition coefficient (Wildman–Crippen LogP) is -3.20. The van der Waals surface area contributed by atoms with Gasteiger partial charge in [0.25, 0.3) is 11.8 Å². The lowest BCUT2D eigenvalue weighted by Gasteiger charge is -2.42. The van der Waals surface area contributed by atoms with Gasteiger partial charge in [0, 0.05) is 52.1 Å². The van der Waals surface area contributed by atoms with Crippen molar-refractivity contribution in [1.82, 2.24) is 20.4 Å². The summed E-state index contributed by atoms with van der Waals surface area (Å²) >= 11 is 0. The van der Waals surface area contributed by atoms with Crippen molar-refractivity contribution in [3.05, 3.63) is 0 Å². The lowest BCUT2D eigenvalue weighted by molar-refractivity contribution is -0.326. The molecule has 0 aliphatic carbocycles. The van der Waals surface area contributed by atoms with Gasteiger partial charge in [-0.05, 0) is 25.7 Å². The second-order valence-electron chi connectivity index (χ2n) is 22.9. The van der Waals surface area contributed by atoms with Crippen LogP contribution in [0.1, 0.15) is 168 Å². The third-order valence-corrected chi connectivity index (χ3v) is 15.9. The Morgan fingerprint density at radius 2 is 0.721 bits per heavy atom. The van der Waals surface area contributed by atoms with Crippen molar-refractivity contribution in [2.75, 3.05) is 65.7 Å². The summed E-state index contributed by atoms with van der Waals surface area (Å²) in [6.45, 7) is 0.753. The maximum atomic E-state index is 13.8. The number of hydrogen-bond acceptors (Lipinski definition) is 24. The molecule has 0 aromatic carbocycles. The zero-order valence-corrected chi connectivity index (χ0v) is 50.7. The van der Waals surface area contributed by atoms with Crippen LogP contribution in [0.15, 0.2) is 0 Å². The van der Waals surface area contributed by atoms with Crippen molar-refractivity contribution in [2.24, 2.45) is 0 Å². The number of rotatable bonds is 49. The van der Waals surface area contributed by atoms with Crippen molar-refractivity contribution in [3.8, 4) is 0 Å². The van der Waals surface area contributed by atoms with Gasteiger partial charge in [0.1, 0.15) is 85.5 Å². The second kappa shape index (κ2) is 45.3. The molecule has 86 heavy (non-hydrogen) atoms. The van der Waals surface area contributed by atoms with Crippen LogP contribution in [0.3, 0.4) is 0 Å². The van der Waals surface area contributed by atoms with Gasteiger partial charge < -0.3 is 121 Å². The number of carbonyl (C=O) groups is 4. The van der Waals surface area contributed by atoms with Gasteiger partial charge in [-0.1, -0.05) is 129 Å². The quantitative estimate of drug-likeness (QED) is 0.0267. The van der Waals surface area contributed by atoms with Crippen LogP contribution in [0.5, 0.6) is 0 Å². The molecule has 28 heteroatoms. The Morgan fingerprint density at radius 3 is 1.01 bits per heavy atom. The predicted molar refractivity (Wildman–Crippen MR) is 309 cm³/mol. The molecule has 18 N–H and O–H groups in total. The first-order chi connectivity index (χ1) is 41.1. The molecule has 0 radical (unpaired) electrons. The topological polar surface area (TPSA) is 459 Å². The van der Waals surface area contributed by atoms with Gasteiger partial charge in [-0.2, -0.15) is 0 Å². The van der Waals surface area contributed by atoms with E-state index < -0.39 is 148 Å². The largest absolute Gasteiger partial charge is 0.394 e. The average Bonchev–Trinajstić information content (AvgIpc) is 1.67. The minimum atomic E-state index is -2.31. The molecule has 0 saturated carbocycles. The lowest BCUT2D eigenvalue weighted by Crippen LogP contribution is -2.62. The first-order valence-corrected chi connectivity index (χ1v) is 31.5. The fourth-order valence-electron chi connectivity index (χ4n) is 10.4. The molecule has 2 heterocycles. The van der Waals surface area contributed by atoms with E-state index in [0.717, 1.165) is 77.0 Å². The van der Waals surface area contributed by atoms with E-state index in [4.69, 9.17) is 18.9 Å². The number of amides is 4. The van der Waals surface area contributed by atoms with E-state index in [-0.39, 0.29) is 50.8 Å². The maximum absolute atomic E-state index is 13.8. The third-order valence-electron chi connectivity index (χ3n) is 15.9. The summed E-state index contributed by atoms with van der Waals surface area (Å²) in [6, 6.07) is 0. The second-order valence-corrected chi connectivity index (χ2v) is 22.9. The van der Waals surface area contributed by atoms with E-state index >= 15 is 0 Å². The van der Waals surface area contributed by atoms with E-state index in [2.05, 4.69) is 24.5 Å². The molecule has 4 amide bonds. The molecule has 0 spiro atoms. The van der Waals surface area contributed by atoms with Crippen LogP contribution in [0.2, 0.25) is 0 Å². The Morgan fingerprint density at radius 1 is 0.419 bits per heavy atom. The summed E-state index contributed by atoms with van der Waals surface area (Å²) in [4.78, 5) is 57.2. The van der Waals surface area contributed by atoms with E-state index in [9.17, 15) is 101 Å². The summed E-state index contributed by atoms with van der Waals surface area (Å²) in [5.74, 6) is -2.87. The van der Waals surface area contributed by atoms with E-state index in [1.807, 2.05) is 0 Å². The van der Waals surface area contributed by atoms with Crippen LogP contribution in [0.25, 0.3) is 0 Å². The van der Waals surface area contributed by atoms with Gasteiger partial charge in [-0.3, -0.25) is 19.2 Å². The van der Waals surface area contributed by atoms with E-state index in [1.54, 1.807) is 9.80 Å². The van der Waals surface area contributed by atoms with Crippen molar-refractivity contribution in [1.29, 1.82) is 0 Å². The number of hydrogen-bond donors (Lipinski definition) is 18. The molecular formula is C58H110N4O24. The molecule has 0 unspecified atom stereocenters. The van der Waals surface area contributed by atoms with Gasteiger partial charge >= 0.3 is 0 Å². The van der Waals surface area contributed by atoms with Crippen LogP contribution in [-0.2, 0) is 38.1 Å². The SMILES string of the molecule is CCCCCCCCCCCCN(CCNC(=O)[C@H](O)[C@@H](O)[C@@H](O[C@@H]1O[C@H](CO)[C@@H](O)[C@H](O)[C@H]1O)[C@H](O)CO)C(=O)CCCCC(=O)N(CCCCCCCCCCCC)CCNC(=O)[C@H](O)[C@@H](O)[C@@H](O[C@@H]1O[C@H](CO)[C@@H](O)[C@H](O)[C@H]1O)[C@H](O)CO. The Hall–Kier alpha value is -2.92. The zero-order chi connectivity index (χ0) is 64.1. The van der Waals surface area contributed by atoms with Gasteiger partial charge in [0.15, 0.2) is 24.8 Å². The minimum Gasteiger partial charge on any atom is -0.394 e. The molecule has 506 valence electrons. The van der Waals surface area contributed by atoms with Crippen LogP contribution in [0, 0.1) is 0 Å². The molecule has 18 atom stereocenters. The van der Waals surface area contributed by atoms with Gasteiger partial charge in [0.05, 0.1) is 26.4 Å². The summed E-state index contributed by atoms with van der Waals surface area (Å²) in [5.41, 5.74) is 0. The number of unbranched alkanes of at least 4 members (excludes halogenated alkanes) is 19. The van der Waals surface area contributed by atoms with Crippen molar-refractivity contribution in [3.63, 3.8) is 0 Å². The fraction of sp³-hybridized carbons (Fsp3) is 0.931. The molecule has 28 nitrogen and oxygen atoms in total. The smallest absolute Gasteiger partial charge is 0.251 e. The Kier molecular flexibility index (Phi) is 41.8. The summed E-state index contributed by atoms with van der Waals surface area (Å²) in [6.07, 6.45) is -13.6. The summed E-state index contributed by atoms with van der Waals surface area (Å²) in [5, 5.41) is 170. The van der Waals surface area contributed by atoms with E-state index in [0.29, 0.717) is 38.8 Å². The van der Waals surface area contributed by atoms with E-state index in [1.165, 1.54) is 38.5 Å². The minimum absolute atomic E-state index is 0.0220. The molecule has 0 bridgehead atoms. The maximum Gasteiger partial charge on any atom is 0.251 e. The number of aliphatic hydroxyl groups is 16. The highest BCUT2D eigenvalue weighted by Gasteiger charge is 2.49. The Balaban J connectivity index is 2.12. The normalized spacial score (nSPS) is 25.3. The highest BCUT2D eigenvalue weighted by molar-refractivity contribution is 5.82. The van der Waals surface area contributed by atoms with Gasteiger partial charge in [-0.25, -0.2) is 0 Å². The molecule has 2 aliphatic heterocycles. The van der Waals surface area contributed by atoms with Crippen LogP contribution < -0.4 is 10.6 Å². The average molecular weight is 1250 g/mol. The number of ether oxygens (including phenoxy) is 4. The summed E-state index contributed by atoms with van der Waals surface area (Å²) < 4.78 is 21.4. The fourth-order valence-corrected chi connectivity index (χ4v) is 10.4. The zero-order valence-electron chi connectivity index (χ0n) is 50.7. The standard InChI is InChI=1S/C58H110N4O24/c1-3-5-7-9-11-13-15-17-19-23-29-61(31-27-59-55(81)49(77)47(75)53(37(67)33-63)85-57-51(79)45(73)43(71)39(35-65)83-57)41(69)25-21-22-26-42(70)62(30-24-20-18-16-14-12-10-8-6-4-2)32-28-60-56(82)50(78)48(76)54(38(68)34-64)86-58-52(80)46(74)44(72)40(36-66)84-58/h37-40,43-54,57-58,63-68,71-80H,3-36H2,1-2H3,(H,59,81)(H,60,82)/t37-,38-,39-,40-,43-,44-,45+,46+,47-,48-,49-,50-,51-,52-,53+,54+,57+,58+/m1/s1. The summed E-state index contributed by atoms with van der Waals surface area (Å²) in [7, 11) is 0. The van der Waals surface area contributed by atoms with Crippen LogP contribution in [-0.4, -0.2) is 291 Å². The molecule has 2 fully saturated rings. The van der Waals surface area contributed by atoms with Gasteiger partial charge in [-0.15, -0.1) is 0 Å². The molecule has 2 saturated heterocycles. The third kappa shape index (κ3) is 28.1. The van der Waals surface area contributed by atoms with Crippen molar-refractivity contribution < 1.29 is 120 Å². The molecule has 2 aliphatic rings. The Bertz CT molecular complexity index is 1680. The molecule has 2 rings (SSSR count). The number of aliphatic hydroxyl groups excluding tert-OH is 16. The first kappa shape index (κ1) is 79.2. The Labute approximate surface area is 506 Å². The number of nitrogens with one attached hydrogen (secondary N) is 2.